The van der Waals surface area contributed by atoms with Gasteiger partial charge in [-0.05, 0) is 18.6 Å². The van der Waals surface area contributed by atoms with Gasteiger partial charge < -0.3 is 5.32 Å². The van der Waals surface area contributed by atoms with Gasteiger partial charge in [-0.2, -0.15) is 9.37 Å². The minimum atomic E-state index is -1.37. The predicted octanol–water partition coefficient (Wildman–Crippen LogP) is 4.20. The Morgan fingerprint density at radius 2 is 1.89 bits per heavy atom. The number of para-hydroxylation sites is 1. The van der Waals surface area contributed by atoms with Gasteiger partial charge in [0.15, 0.2) is 17.5 Å². The third-order valence-corrected chi connectivity index (χ3v) is 2.67. The number of anilines is 2. The van der Waals surface area contributed by atoms with Crippen LogP contribution >= 0.6 is 11.6 Å². The Balaban J connectivity index is 2.43. The molecule has 1 N–H and O–H groups in total. The van der Waals surface area contributed by atoms with E-state index >= 15 is 0 Å². The van der Waals surface area contributed by atoms with Gasteiger partial charge >= 0.3 is 0 Å². The Kier molecular flexibility index (Phi) is 3.43. The standard InChI is InChI=1S/C12H8ClF3N2/c1-6-3-2-4-7(13)10(6)17-12-9(15)5-8(14)11(16)18-12/h2-5H,1H3,(H,17,18). The first-order valence-electron chi connectivity index (χ1n) is 5.02. The van der Waals surface area contributed by atoms with Crippen molar-refractivity contribution in [1.82, 2.24) is 4.98 Å². The third-order valence-electron chi connectivity index (χ3n) is 2.35. The van der Waals surface area contributed by atoms with E-state index in [4.69, 9.17) is 11.6 Å². The molecular weight excluding hydrogens is 265 g/mol. The molecule has 0 saturated heterocycles. The first-order chi connectivity index (χ1) is 8.49. The number of hydrogen-bond acceptors (Lipinski definition) is 2. The molecule has 0 unspecified atom stereocenters. The molecular formula is C12H8ClF3N2. The summed E-state index contributed by atoms with van der Waals surface area (Å²) in [5, 5.41) is 2.89. The minimum absolute atomic E-state index is 0.334. The molecule has 2 rings (SSSR count). The summed E-state index contributed by atoms with van der Waals surface area (Å²) < 4.78 is 39.1. The van der Waals surface area contributed by atoms with Crippen molar-refractivity contribution in [2.75, 3.05) is 5.32 Å². The van der Waals surface area contributed by atoms with Crippen LogP contribution < -0.4 is 5.32 Å². The summed E-state index contributed by atoms with van der Waals surface area (Å²) in [7, 11) is 0. The molecule has 0 radical (unpaired) electrons. The molecule has 1 aromatic carbocycles. The van der Waals surface area contributed by atoms with Gasteiger partial charge in [0.1, 0.15) is 0 Å². The van der Waals surface area contributed by atoms with Crippen LogP contribution in [0.1, 0.15) is 5.56 Å². The molecule has 94 valence electrons. The van der Waals surface area contributed by atoms with E-state index in [1.54, 1.807) is 25.1 Å². The van der Waals surface area contributed by atoms with Crippen LogP contribution in [0.3, 0.4) is 0 Å². The quantitative estimate of drug-likeness (QED) is 0.829. The van der Waals surface area contributed by atoms with Crippen LogP contribution in [0.15, 0.2) is 24.3 Å². The average molecular weight is 273 g/mol. The fourth-order valence-electron chi connectivity index (χ4n) is 1.44. The lowest BCUT2D eigenvalue weighted by molar-refractivity contribution is 0.467. The zero-order valence-electron chi connectivity index (χ0n) is 9.27. The first-order valence-corrected chi connectivity index (χ1v) is 5.40. The number of hydrogen-bond donors (Lipinski definition) is 1. The first kappa shape index (κ1) is 12.7. The van der Waals surface area contributed by atoms with Crippen LogP contribution in [0.2, 0.25) is 5.02 Å². The van der Waals surface area contributed by atoms with Crippen molar-refractivity contribution in [2.45, 2.75) is 6.92 Å². The van der Waals surface area contributed by atoms with Crippen LogP contribution in [0, 0.1) is 24.5 Å². The molecule has 1 heterocycles. The topological polar surface area (TPSA) is 24.9 Å². The van der Waals surface area contributed by atoms with E-state index in [2.05, 4.69) is 10.3 Å². The van der Waals surface area contributed by atoms with Crippen LogP contribution in [-0.2, 0) is 0 Å². The lowest BCUT2D eigenvalue weighted by atomic mass is 10.2. The molecule has 0 saturated carbocycles. The summed E-state index contributed by atoms with van der Waals surface area (Å²) in [4.78, 5) is 3.16. The molecule has 0 spiro atoms. The molecule has 2 nitrogen and oxygen atoms in total. The second-order valence-electron chi connectivity index (χ2n) is 3.65. The fraction of sp³-hybridized carbons (Fsp3) is 0.0833. The highest BCUT2D eigenvalue weighted by molar-refractivity contribution is 6.33. The number of aromatic nitrogens is 1. The van der Waals surface area contributed by atoms with E-state index in [0.29, 0.717) is 16.8 Å². The van der Waals surface area contributed by atoms with Crippen molar-refractivity contribution >= 4 is 23.1 Å². The summed E-state index contributed by atoms with van der Waals surface area (Å²) in [5.74, 6) is -4.11. The van der Waals surface area contributed by atoms with Crippen molar-refractivity contribution in [2.24, 2.45) is 0 Å². The van der Waals surface area contributed by atoms with E-state index < -0.39 is 23.4 Å². The Labute approximate surface area is 106 Å². The van der Waals surface area contributed by atoms with Crippen LogP contribution in [0.5, 0.6) is 0 Å². The van der Waals surface area contributed by atoms with E-state index in [0.717, 1.165) is 5.56 Å². The van der Waals surface area contributed by atoms with Crippen LogP contribution in [-0.4, -0.2) is 4.98 Å². The van der Waals surface area contributed by atoms with E-state index in [1.165, 1.54) is 0 Å². The predicted molar refractivity (Wildman–Crippen MR) is 63.6 cm³/mol. The molecule has 0 aliphatic carbocycles. The number of halogens is 4. The average Bonchev–Trinajstić information content (AvgIpc) is 2.30. The van der Waals surface area contributed by atoms with Crippen molar-refractivity contribution in [1.29, 1.82) is 0 Å². The molecule has 1 aromatic heterocycles. The summed E-state index contributed by atoms with van der Waals surface area (Å²) in [6.45, 7) is 1.74. The van der Waals surface area contributed by atoms with E-state index in [1.807, 2.05) is 0 Å². The zero-order chi connectivity index (χ0) is 13.3. The number of nitrogens with one attached hydrogen (secondary N) is 1. The molecule has 0 amide bonds. The molecule has 2 aromatic rings. The highest BCUT2D eigenvalue weighted by Gasteiger charge is 2.13. The summed E-state index contributed by atoms with van der Waals surface area (Å²) in [5.41, 5.74) is 1.13. The van der Waals surface area contributed by atoms with Crippen LogP contribution in [0.4, 0.5) is 24.7 Å². The number of aryl methyl sites for hydroxylation is 1. The number of benzene rings is 1. The van der Waals surface area contributed by atoms with Gasteiger partial charge in [-0.15, -0.1) is 0 Å². The Morgan fingerprint density at radius 1 is 1.17 bits per heavy atom. The van der Waals surface area contributed by atoms with Gasteiger partial charge in [0.25, 0.3) is 5.95 Å². The van der Waals surface area contributed by atoms with E-state index in [9.17, 15) is 13.2 Å². The SMILES string of the molecule is Cc1cccc(Cl)c1Nc1nc(F)c(F)cc1F. The third kappa shape index (κ3) is 2.41. The number of rotatable bonds is 2. The Bertz CT molecular complexity index is 582. The molecule has 0 aliphatic heterocycles. The largest absolute Gasteiger partial charge is 0.336 e. The van der Waals surface area contributed by atoms with Crippen molar-refractivity contribution in [3.8, 4) is 0 Å². The monoisotopic (exact) mass is 272 g/mol. The lowest BCUT2D eigenvalue weighted by Crippen LogP contribution is -2.03. The molecule has 0 bridgehead atoms. The second kappa shape index (κ2) is 4.86. The van der Waals surface area contributed by atoms with Gasteiger partial charge in [-0.3, -0.25) is 0 Å². The van der Waals surface area contributed by atoms with Crippen molar-refractivity contribution in [3.05, 3.63) is 52.4 Å². The lowest BCUT2D eigenvalue weighted by Gasteiger charge is -2.11. The highest BCUT2D eigenvalue weighted by atomic mass is 35.5. The second-order valence-corrected chi connectivity index (χ2v) is 4.06. The fourth-order valence-corrected chi connectivity index (χ4v) is 1.71. The molecule has 18 heavy (non-hydrogen) atoms. The molecule has 0 fully saturated rings. The Hall–Kier alpha value is -1.75. The van der Waals surface area contributed by atoms with Gasteiger partial charge in [0.2, 0.25) is 0 Å². The smallest absolute Gasteiger partial charge is 0.251 e. The number of nitrogens with zero attached hydrogens (tertiary/aromatic N) is 1. The van der Waals surface area contributed by atoms with Gasteiger partial charge in [-0.25, -0.2) is 8.78 Å². The highest BCUT2D eigenvalue weighted by Crippen LogP contribution is 2.29. The summed E-state index contributed by atoms with van der Waals surface area (Å²) in [6.07, 6.45) is 0. The van der Waals surface area contributed by atoms with E-state index in [-0.39, 0.29) is 0 Å². The van der Waals surface area contributed by atoms with Crippen molar-refractivity contribution < 1.29 is 13.2 Å². The zero-order valence-corrected chi connectivity index (χ0v) is 10.0. The minimum Gasteiger partial charge on any atom is -0.336 e. The maximum Gasteiger partial charge on any atom is 0.251 e. The number of pyridine rings is 1. The molecule has 0 aliphatic rings. The van der Waals surface area contributed by atoms with Crippen LogP contribution in [0.25, 0.3) is 0 Å². The summed E-state index contributed by atoms with van der Waals surface area (Å²) >= 11 is 5.92. The molecule has 6 heteroatoms. The summed E-state index contributed by atoms with van der Waals surface area (Å²) in [6, 6.07) is 5.48. The Morgan fingerprint density at radius 3 is 2.56 bits per heavy atom. The van der Waals surface area contributed by atoms with Gasteiger partial charge in [-0.1, -0.05) is 23.7 Å². The van der Waals surface area contributed by atoms with Gasteiger partial charge in [0.05, 0.1) is 10.7 Å². The van der Waals surface area contributed by atoms with Crippen molar-refractivity contribution in [3.63, 3.8) is 0 Å². The molecule has 0 atom stereocenters. The normalized spacial score (nSPS) is 10.5. The maximum absolute atomic E-state index is 13.4. The van der Waals surface area contributed by atoms with Gasteiger partial charge in [0, 0.05) is 6.07 Å². The maximum atomic E-state index is 13.4.